The highest BCUT2D eigenvalue weighted by atomic mass is 32.1. The molecule has 0 bridgehead atoms. The molecule has 2 rings (SSSR count). The van der Waals surface area contributed by atoms with Crippen molar-refractivity contribution in [1.29, 1.82) is 0 Å². The van der Waals surface area contributed by atoms with Gasteiger partial charge in [-0.3, -0.25) is 19.2 Å². The maximum Gasteiger partial charge on any atom is 0.326 e. The van der Waals surface area contributed by atoms with E-state index >= 15 is 0 Å². The zero-order valence-electron chi connectivity index (χ0n) is 17.4. The van der Waals surface area contributed by atoms with E-state index in [4.69, 9.17) is 15.9 Å². The Morgan fingerprint density at radius 2 is 1.61 bits per heavy atom. The van der Waals surface area contributed by atoms with Gasteiger partial charge in [-0.15, -0.1) is 0 Å². The van der Waals surface area contributed by atoms with Gasteiger partial charge in [0.25, 0.3) is 0 Å². The molecule has 0 spiro atoms. The molecule has 0 saturated carbocycles. The lowest BCUT2D eigenvalue weighted by molar-refractivity contribution is -0.147. The largest absolute Gasteiger partial charge is 0.481 e. The number of hydrogen-bond acceptors (Lipinski definition) is 7. The summed E-state index contributed by atoms with van der Waals surface area (Å²) in [4.78, 5) is 62.4. The van der Waals surface area contributed by atoms with Crippen LogP contribution in [-0.2, 0) is 30.4 Å². The first-order chi connectivity index (χ1) is 15.7. The molecule has 12 nitrogen and oxygen atoms in total. The molecule has 13 heteroatoms. The number of rotatable bonds is 12. The third-order valence-electron chi connectivity index (χ3n) is 4.74. The van der Waals surface area contributed by atoms with Crippen molar-refractivity contribution in [1.82, 2.24) is 20.9 Å². The zero-order chi connectivity index (χ0) is 24.5. The van der Waals surface area contributed by atoms with Gasteiger partial charge in [0.05, 0.1) is 13.0 Å². The standard InChI is InChI=1S/C20H25N5O7S/c21-7-16(26)23-13(5-10-8-22-12-4-2-1-3-11(10)12)18(29)25-15(9-33)19(30)24-14(20(31)32)6-17(27)28/h1-4,8,13-15,22,33H,5-7,9,21H2,(H,23,26)(H,24,30)(H,25,29)(H,27,28)(H,31,32). The van der Waals surface area contributed by atoms with Gasteiger partial charge in [-0.2, -0.15) is 12.6 Å². The third kappa shape index (κ3) is 7.22. The lowest BCUT2D eigenvalue weighted by Gasteiger charge is -2.23. The van der Waals surface area contributed by atoms with Gasteiger partial charge in [0.15, 0.2) is 0 Å². The second-order valence-electron chi connectivity index (χ2n) is 7.13. The van der Waals surface area contributed by atoms with Gasteiger partial charge >= 0.3 is 11.9 Å². The van der Waals surface area contributed by atoms with E-state index in [1.165, 1.54) is 0 Å². The smallest absolute Gasteiger partial charge is 0.326 e. The fourth-order valence-electron chi connectivity index (χ4n) is 3.10. The number of benzene rings is 1. The maximum absolute atomic E-state index is 12.9. The van der Waals surface area contributed by atoms with Gasteiger partial charge < -0.3 is 36.9 Å². The molecule has 3 unspecified atom stereocenters. The zero-order valence-corrected chi connectivity index (χ0v) is 18.3. The Kier molecular flexibility index (Phi) is 9.24. The van der Waals surface area contributed by atoms with Crippen LogP contribution in [0, 0.1) is 0 Å². The average molecular weight is 480 g/mol. The minimum atomic E-state index is -1.69. The Hall–Kier alpha value is -3.58. The predicted molar refractivity (Wildman–Crippen MR) is 121 cm³/mol. The van der Waals surface area contributed by atoms with E-state index in [-0.39, 0.29) is 18.7 Å². The highest BCUT2D eigenvalue weighted by Crippen LogP contribution is 2.19. The van der Waals surface area contributed by atoms with Crippen LogP contribution in [0.1, 0.15) is 12.0 Å². The van der Waals surface area contributed by atoms with Gasteiger partial charge in [-0.25, -0.2) is 4.79 Å². The van der Waals surface area contributed by atoms with Crippen LogP contribution in [-0.4, -0.2) is 75.3 Å². The summed E-state index contributed by atoms with van der Waals surface area (Å²) in [6.45, 7) is -0.358. The van der Waals surface area contributed by atoms with Crippen LogP contribution < -0.4 is 21.7 Å². The van der Waals surface area contributed by atoms with Crippen LogP contribution in [0.15, 0.2) is 30.5 Å². The monoisotopic (exact) mass is 479 g/mol. The molecule has 1 aromatic carbocycles. The molecule has 3 atom stereocenters. The maximum atomic E-state index is 12.9. The van der Waals surface area contributed by atoms with Crippen molar-refractivity contribution in [3.63, 3.8) is 0 Å². The number of carboxylic acid groups (broad SMARTS) is 2. The molecule has 0 radical (unpaired) electrons. The van der Waals surface area contributed by atoms with E-state index in [0.717, 1.165) is 16.5 Å². The summed E-state index contributed by atoms with van der Waals surface area (Å²) in [6, 6.07) is 3.30. The quantitative estimate of drug-likeness (QED) is 0.170. The van der Waals surface area contributed by atoms with Crippen LogP contribution in [0.2, 0.25) is 0 Å². The number of H-pyrrole nitrogens is 1. The number of para-hydroxylation sites is 1. The minimum absolute atomic E-state index is 0.0826. The number of aliphatic carboxylic acids is 2. The minimum Gasteiger partial charge on any atom is -0.481 e. The number of nitrogens with two attached hydrogens (primary N) is 1. The number of fused-ring (bicyclic) bond motifs is 1. The van der Waals surface area contributed by atoms with Gasteiger partial charge in [0, 0.05) is 29.3 Å². The van der Waals surface area contributed by atoms with E-state index in [1.54, 1.807) is 6.20 Å². The average Bonchev–Trinajstić information content (AvgIpc) is 3.18. The summed E-state index contributed by atoms with van der Waals surface area (Å²) >= 11 is 4.02. The highest BCUT2D eigenvalue weighted by Gasteiger charge is 2.30. The molecule has 0 fully saturated rings. The van der Waals surface area contributed by atoms with Gasteiger partial charge in [0.1, 0.15) is 18.1 Å². The number of aromatic amines is 1. The van der Waals surface area contributed by atoms with Crippen LogP contribution >= 0.6 is 12.6 Å². The normalized spacial score (nSPS) is 13.5. The lowest BCUT2D eigenvalue weighted by Crippen LogP contribution is -2.57. The summed E-state index contributed by atoms with van der Waals surface area (Å²) in [7, 11) is 0. The van der Waals surface area contributed by atoms with Gasteiger partial charge in [-0.1, -0.05) is 18.2 Å². The Bertz CT molecular complexity index is 1040. The molecule has 2 aromatic rings. The Labute approximate surface area is 193 Å². The molecule has 0 aliphatic carbocycles. The van der Waals surface area contributed by atoms with Crippen LogP contribution in [0.4, 0.5) is 0 Å². The first kappa shape index (κ1) is 25.7. The number of carboxylic acids is 2. The number of amides is 3. The fourth-order valence-corrected chi connectivity index (χ4v) is 3.35. The molecule has 0 aliphatic heterocycles. The van der Waals surface area contributed by atoms with Gasteiger partial charge in [0.2, 0.25) is 17.7 Å². The first-order valence-electron chi connectivity index (χ1n) is 9.86. The van der Waals surface area contributed by atoms with Crippen molar-refractivity contribution < 1.29 is 34.2 Å². The van der Waals surface area contributed by atoms with E-state index in [0.29, 0.717) is 0 Å². The summed E-state index contributed by atoms with van der Waals surface area (Å²) in [5.74, 6) is -5.40. The lowest BCUT2D eigenvalue weighted by atomic mass is 10.0. The first-order valence-corrected chi connectivity index (χ1v) is 10.5. The van der Waals surface area contributed by atoms with E-state index in [1.807, 2.05) is 24.3 Å². The number of hydrogen-bond donors (Lipinski definition) is 8. The van der Waals surface area contributed by atoms with Crippen LogP contribution in [0.25, 0.3) is 10.9 Å². The molecular formula is C20H25N5O7S. The molecule has 3 amide bonds. The number of nitrogens with one attached hydrogen (secondary N) is 4. The summed E-state index contributed by atoms with van der Waals surface area (Å²) < 4.78 is 0. The Morgan fingerprint density at radius 1 is 0.970 bits per heavy atom. The third-order valence-corrected chi connectivity index (χ3v) is 5.11. The van der Waals surface area contributed by atoms with Crippen molar-refractivity contribution in [2.24, 2.45) is 5.73 Å². The number of carbonyl (C=O) groups is 5. The van der Waals surface area contributed by atoms with Crippen LogP contribution in [0.3, 0.4) is 0 Å². The molecule has 8 N–H and O–H groups in total. The topological polar surface area (TPSA) is 204 Å². The van der Waals surface area contributed by atoms with Crippen molar-refractivity contribution in [2.75, 3.05) is 12.3 Å². The highest BCUT2D eigenvalue weighted by molar-refractivity contribution is 7.80. The predicted octanol–water partition coefficient (Wildman–Crippen LogP) is -1.39. The fraction of sp³-hybridized carbons (Fsp3) is 0.350. The van der Waals surface area contributed by atoms with E-state index in [2.05, 4.69) is 33.6 Å². The van der Waals surface area contributed by atoms with Gasteiger partial charge in [-0.05, 0) is 11.6 Å². The number of carbonyl (C=O) groups excluding carboxylic acids is 3. The number of thiol groups is 1. The SMILES string of the molecule is NCC(=O)NC(Cc1c[nH]c2ccccc12)C(=O)NC(CS)C(=O)NC(CC(=O)O)C(=O)O. The Morgan fingerprint density at radius 3 is 2.21 bits per heavy atom. The molecule has 0 saturated heterocycles. The van der Waals surface area contributed by atoms with Crippen molar-refractivity contribution in [3.05, 3.63) is 36.0 Å². The van der Waals surface area contributed by atoms with Crippen molar-refractivity contribution in [3.8, 4) is 0 Å². The Balaban J connectivity index is 2.16. The summed E-state index contributed by atoms with van der Waals surface area (Å²) in [5.41, 5.74) is 6.93. The molecular weight excluding hydrogens is 454 g/mol. The second kappa shape index (κ2) is 11.9. The molecule has 178 valence electrons. The molecule has 33 heavy (non-hydrogen) atoms. The van der Waals surface area contributed by atoms with Crippen molar-refractivity contribution >= 4 is 53.2 Å². The van der Waals surface area contributed by atoms with E-state index in [9.17, 15) is 24.0 Å². The summed E-state index contributed by atoms with van der Waals surface area (Å²) in [6.07, 6.45) is 0.940. The molecule has 0 aliphatic rings. The number of aromatic nitrogens is 1. The molecule has 1 aromatic heterocycles. The summed E-state index contributed by atoms with van der Waals surface area (Å²) in [5, 5.41) is 25.8. The molecule has 1 heterocycles. The van der Waals surface area contributed by atoms with Crippen molar-refractivity contribution in [2.45, 2.75) is 31.0 Å². The second-order valence-corrected chi connectivity index (χ2v) is 7.49. The van der Waals surface area contributed by atoms with E-state index < -0.39 is 54.2 Å². The van der Waals surface area contributed by atoms with Crippen LogP contribution in [0.5, 0.6) is 0 Å².